The lowest BCUT2D eigenvalue weighted by atomic mass is 10.1. The zero-order valence-electron chi connectivity index (χ0n) is 12.2. The largest absolute Gasteiger partial charge is 0.480 e. The van der Waals surface area contributed by atoms with Crippen LogP contribution in [0.2, 0.25) is 0 Å². The molecule has 2 rings (SSSR count). The molecule has 0 spiro atoms. The molecule has 4 heteroatoms. The summed E-state index contributed by atoms with van der Waals surface area (Å²) in [6.07, 6.45) is 2.53. The van der Waals surface area contributed by atoms with E-state index in [9.17, 15) is 4.79 Å². The maximum Gasteiger partial charge on any atom is 0.320 e. The fourth-order valence-electron chi connectivity index (χ4n) is 2.18. The molecule has 0 aliphatic carbocycles. The van der Waals surface area contributed by atoms with Gasteiger partial charge < -0.3 is 9.52 Å². The Morgan fingerprint density at radius 3 is 2.67 bits per heavy atom. The molecule has 0 unspecified atom stereocenters. The Morgan fingerprint density at radius 1 is 1.24 bits per heavy atom. The molecule has 0 saturated carbocycles. The number of benzene rings is 1. The summed E-state index contributed by atoms with van der Waals surface area (Å²) in [6, 6.07) is 13.1. The van der Waals surface area contributed by atoms with Crippen LogP contribution in [0.4, 0.5) is 0 Å². The van der Waals surface area contributed by atoms with E-state index in [2.05, 4.69) is 12.2 Å². The number of unbranched alkanes of at least 4 members (excludes halogenated alkanes) is 1. The second kappa shape index (κ2) is 7.64. The minimum atomic E-state index is -0.807. The molecule has 0 radical (unpaired) electrons. The van der Waals surface area contributed by atoms with E-state index < -0.39 is 12.0 Å². The number of rotatable bonds is 8. The molecule has 1 aromatic carbocycles. The number of hydrogen-bond donors (Lipinski definition) is 2. The normalized spacial score (nSPS) is 12.2. The molecule has 1 heterocycles. The molecule has 1 aromatic heterocycles. The SMILES string of the molecule is CCCC[C@H](NCc1ccc(-c2ccccc2)o1)C(=O)O. The number of furan rings is 1. The Morgan fingerprint density at radius 2 is 2.00 bits per heavy atom. The van der Waals surface area contributed by atoms with E-state index in [-0.39, 0.29) is 0 Å². The molecule has 2 N–H and O–H groups in total. The van der Waals surface area contributed by atoms with Crippen molar-refractivity contribution >= 4 is 5.97 Å². The highest BCUT2D eigenvalue weighted by Gasteiger charge is 2.16. The van der Waals surface area contributed by atoms with Crippen molar-refractivity contribution in [3.05, 3.63) is 48.2 Å². The number of carboxylic acids is 1. The first kappa shape index (κ1) is 15.3. The fraction of sp³-hybridized carbons (Fsp3) is 0.353. The third-order valence-corrected chi connectivity index (χ3v) is 3.39. The molecule has 0 fully saturated rings. The van der Waals surface area contributed by atoms with Crippen molar-refractivity contribution in [1.82, 2.24) is 5.32 Å². The lowest BCUT2D eigenvalue weighted by Gasteiger charge is -2.12. The van der Waals surface area contributed by atoms with Crippen LogP contribution in [0.15, 0.2) is 46.9 Å². The van der Waals surface area contributed by atoms with E-state index in [0.29, 0.717) is 13.0 Å². The molecule has 0 aliphatic heterocycles. The first-order valence-corrected chi connectivity index (χ1v) is 7.31. The Hall–Kier alpha value is -2.07. The van der Waals surface area contributed by atoms with Crippen LogP contribution in [0, 0.1) is 0 Å². The van der Waals surface area contributed by atoms with E-state index in [0.717, 1.165) is 29.9 Å². The summed E-state index contributed by atoms with van der Waals surface area (Å²) in [6.45, 7) is 2.48. The smallest absolute Gasteiger partial charge is 0.320 e. The molecular formula is C17H21NO3. The van der Waals surface area contributed by atoms with Crippen molar-refractivity contribution in [3.63, 3.8) is 0 Å². The van der Waals surface area contributed by atoms with Gasteiger partial charge in [-0.2, -0.15) is 0 Å². The second-order valence-electron chi connectivity index (χ2n) is 5.05. The summed E-state index contributed by atoms with van der Waals surface area (Å²) < 4.78 is 5.75. The number of carbonyl (C=O) groups is 1. The molecule has 0 amide bonds. The van der Waals surface area contributed by atoms with Gasteiger partial charge >= 0.3 is 5.97 Å². The van der Waals surface area contributed by atoms with Crippen molar-refractivity contribution in [2.75, 3.05) is 0 Å². The third-order valence-electron chi connectivity index (χ3n) is 3.39. The van der Waals surface area contributed by atoms with Crippen molar-refractivity contribution in [1.29, 1.82) is 0 Å². The Balaban J connectivity index is 1.94. The first-order valence-electron chi connectivity index (χ1n) is 7.31. The van der Waals surface area contributed by atoms with Crippen molar-refractivity contribution in [2.24, 2.45) is 0 Å². The van der Waals surface area contributed by atoms with Crippen LogP contribution in [-0.2, 0) is 11.3 Å². The highest BCUT2D eigenvalue weighted by atomic mass is 16.4. The molecular weight excluding hydrogens is 266 g/mol. The maximum atomic E-state index is 11.2. The number of hydrogen-bond acceptors (Lipinski definition) is 3. The molecule has 0 bridgehead atoms. The van der Waals surface area contributed by atoms with Gasteiger partial charge in [0.15, 0.2) is 0 Å². The van der Waals surface area contributed by atoms with E-state index in [1.807, 2.05) is 42.5 Å². The van der Waals surface area contributed by atoms with Crippen LogP contribution in [0.3, 0.4) is 0 Å². The van der Waals surface area contributed by atoms with Gasteiger partial charge in [0.2, 0.25) is 0 Å². The van der Waals surface area contributed by atoms with Crippen LogP contribution in [-0.4, -0.2) is 17.1 Å². The van der Waals surface area contributed by atoms with Gasteiger partial charge in [0.05, 0.1) is 6.54 Å². The highest BCUT2D eigenvalue weighted by molar-refractivity contribution is 5.73. The van der Waals surface area contributed by atoms with Gasteiger partial charge in [-0.25, -0.2) is 0 Å². The van der Waals surface area contributed by atoms with Gasteiger partial charge in [-0.1, -0.05) is 50.1 Å². The lowest BCUT2D eigenvalue weighted by molar-refractivity contribution is -0.139. The zero-order chi connectivity index (χ0) is 15.1. The molecule has 2 aromatic rings. The first-order chi connectivity index (χ1) is 10.2. The summed E-state index contributed by atoms with van der Waals surface area (Å²) in [4.78, 5) is 11.2. The zero-order valence-corrected chi connectivity index (χ0v) is 12.2. The summed E-state index contributed by atoms with van der Waals surface area (Å²) in [5, 5.41) is 12.2. The summed E-state index contributed by atoms with van der Waals surface area (Å²) >= 11 is 0. The minimum Gasteiger partial charge on any atom is -0.480 e. The van der Waals surface area contributed by atoms with Crippen LogP contribution in [0.1, 0.15) is 31.9 Å². The molecule has 1 atom stereocenters. The topological polar surface area (TPSA) is 62.5 Å². The van der Waals surface area contributed by atoms with Gasteiger partial charge in [0.25, 0.3) is 0 Å². The predicted molar refractivity (Wildman–Crippen MR) is 81.9 cm³/mol. The van der Waals surface area contributed by atoms with Crippen LogP contribution in [0.5, 0.6) is 0 Å². The summed E-state index contributed by atoms with van der Waals surface area (Å²) in [7, 11) is 0. The van der Waals surface area contributed by atoms with Gasteiger partial charge in [-0.15, -0.1) is 0 Å². The Kier molecular flexibility index (Phi) is 5.58. The minimum absolute atomic E-state index is 0.424. The Bertz CT molecular complexity index is 562. The second-order valence-corrected chi connectivity index (χ2v) is 5.05. The number of carboxylic acid groups (broad SMARTS) is 1. The van der Waals surface area contributed by atoms with Gasteiger partial charge in [0.1, 0.15) is 17.6 Å². The average Bonchev–Trinajstić information content (AvgIpc) is 2.97. The van der Waals surface area contributed by atoms with Crippen molar-refractivity contribution in [3.8, 4) is 11.3 Å². The van der Waals surface area contributed by atoms with E-state index >= 15 is 0 Å². The van der Waals surface area contributed by atoms with E-state index in [1.165, 1.54) is 0 Å². The number of nitrogens with one attached hydrogen (secondary N) is 1. The van der Waals surface area contributed by atoms with Crippen LogP contribution < -0.4 is 5.32 Å². The lowest BCUT2D eigenvalue weighted by Crippen LogP contribution is -2.36. The maximum absolute atomic E-state index is 11.2. The van der Waals surface area contributed by atoms with Crippen molar-refractivity contribution < 1.29 is 14.3 Å². The quantitative estimate of drug-likeness (QED) is 0.777. The number of aliphatic carboxylic acids is 1. The van der Waals surface area contributed by atoms with E-state index in [1.54, 1.807) is 0 Å². The molecule has 4 nitrogen and oxygen atoms in total. The highest BCUT2D eigenvalue weighted by Crippen LogP contribution is 2.21. The summed E-state index contributed by atoms with van der Waals surface area (Å²) in [5.41, 5.74) is 1.02. The van der Waals surface area contributed by atoms with Gasteiger partial charge in [-0.05, 0) is 18.6 Å². The molecule has 0 saturated heterocycles. The van der Waals surface area contributed by atoms with Crippen LogP contribution in [0.25, 0.3) is 11.3 Å². The third kappa shape index (κ3) is 4.46. The summed E-state index contributed by atoms with van der Waals surface area (Å²) in [5.74, 6) is 0.739. The molecule has 112 valence electrons. The van der Waals surface area contributed by atoms with Gasteiger partial charge in [0, 0.05) is 5.56 Å². The Labute approximate surface area is 124 Å². The standard InChI is InChI=1S/C17H21NO3/c1-2-3-9-15(17(19)20)18-12-14-10-11-16(21-14)13-7-5-4-6-8-13/h4-8,10-11,15,18H,2-3,9,12H2,1H3,(H,19,20)/t15-/m0/s1. The fourth-order valence-corrected chi connectivity index (χ4v) is 2.18. The van der Waals surface area contributed by atoms with Crippen molar-refractivity contribution in [2.45, 2.75) is 38.8 Å². The monoisotopic (exact) mass is 287 g/mol. The molecule has 21 heavy (non-hydrogen) atoms. The predicted octanol–water partition coefficient (Wildman–Crippen LogP) is 3.68. The average molecular weight is 287 g/mol. The van der Waals surface area contributed by atoms with Crippen LogP contribution >= 0.6 is 0 Å². The molecule has 0 aliphatic rings. The van der Waals surface area contributed by atoms with Gasteiger partial charge in [-0.3, -0.25) is 10.1 Å². The van der Waals surface area contributed by atoms with E-state index in [4.69, 9.17) is 9.52 Å².